The minimum absolute atomic E-state index is 0. The highest BCUT2D eigenvalue weighted by Gasteiger charge is 2.02. The number of hydrogen-bond acceptors (Lipinski definition) is 2. The highest BCUT2D eigenvalue weighted by molar-refractivity contribution is 14.0. The van der Waals surface area contributed by atoms with Gasteiger partial charge in [0.1, 0.15) is 0 Å². The van der Waals surface area contributed by atoms with Gasteiger partial charge in [0.2, 0.25) is 0 Å². The van der Waals surface area contributed by atoms with E-state index in [1.807, 2.05) is 42.5 Å². The Labute approximate surface area is 161 Å². The van der Waals surface area contributed by atoms with Crippen LogP contribution in [0.4, 0.5) is 0 Å². The summed E-state index contributed by atoms with van der Waals surface area (Å²) >= 11 is 0. The minimum Gasteiger partial charge on any atom is -0.355 e. The van der Waals surface area contributed by atoms with E-state index in [0.717, 1.165) is 44.8 Å². The fourth-order valence-electron chi connectivity index (χ4n) is 2.94. The summed E-state index contributed by atoms with van der Waals surface area (Å²) in [6, 6.07) is 16.4. The molecule has 0 amide bonds. The van der Waals surface area contributed by atoms with Crippen molar-refractivity contribution in [2.75, 3.05) is 0 Å². The van der Waals surface area contributed by atoms with Gasteiger partial charge in [-0.25, -0.2) is 9.97 Å². The number of nitrogens with one attached hydrogen (secondary N) is 2. The van der Waals surface area contributed by atoms with Crippen molar-refractivity contribution in [2.45, 2.75) is 0 Å². The molecule has 4 nitrogen and oxygen atoms in total. The van der Waals surface area contributed by atoms with Gasteiger partial charge in [-0.05, 0) is 72.8 Å². The van der Waals surface area contributed by atoms with Gasteiger partial charge in [-0.1, -0.05) is 0 Å². The van der Waals surface area contributed by atoms with Crippen molar-refractivity contribution < 1.29 is 0 Å². The van der Waals surface area contributed by atoms with Crippen molar-refractivity contribution in [3.8, 4) is 0 Å². The molecule has 2 aliphatic rings. The molecular weight excluding hydrogens is 423 g/mol. The predicted octanol–water partition coefficient (Wildman–Crippen LogP) is 5.27. The quantitative estimate of drug-likeness (QED) is 0.324. The molecule has 2 aliphatic heterocycles. The van der Waals surface area contributed by atoms with Crippen molar-refractivity contribution in [3.63, 3.8) is 0 Å². The smallest absolute Gasteiger partial charge is 0.0659 e. The van der Waals surface area contributed by atoms with E-state index in [-0.39, 0.29) is 24.0 Å². The summed E-state index contributed by atoms with van der Waals surface area (Å²) in [5.41, 5.74) is 7.86. The zero-order chi connectivity index (χ0) is 15.9. The van der Waals surface area contributed by atoms with Crippen LogP contribution in [0.25, 0.3) is 46.4 Å². The molecule has 0 saturated carbocycles. The van der Waals surface area contributed by atoms with Gasteiger partial charge in [-0.15, -0.1) is 24.0 Å². The number of halogens is 1. The molecule has 5 heterocycles. The van der Waals surface area contributed by atoms with Crippen LogP contribution in [0.3, 0.4) is 0 Å². The average Bonchev–Trinajstić information content (AvgIpc) is 3.32. The van der Waals surface area contributed by atoms with Crippen LogP contribution in [0.5, 0.6) is 0 Å². The molecule has 5 heteroatoms. The normalized spacial score (nSPS) is 12.2. The van der Waals surface area contributed by atoms with E-state index in [9.17, 15) is 0 Å². The number of fused-ring (bicyclic) bond motifs is 8. The second-order valence-electron chi connectivity index (χ2n) is 5.91. The number of hydrogen-bond donors (Lipinski definition) is 2. The standard InChI is InChI=1S/C20H14N4.HI/c1-2-14-10-16-5-6-18(23-16)12-20-8-7-19(24-20)11-17-4-3-15(22-17)9-13(1)21-14;/h1-12,21-22H;1H. The molecule has 122 valence electrons. The Bertz CT molecular complexity index is 1080. The van der Waals surface area contributed by atoms with Crippen LogP contribution in [0, 0.1) is 0 Å². The first-order valence-electron chi connectivity index (χ1n) is 7.85. The van der Waals surface area contributed by atoms with Gasteiger partial charge in [0.15, 0.2) is 0 Å². The first-order chi connectivity index (χ1) is 11.8. The maximum Gasteiger partial charge on any atom is 0.0659 e. The Kier molecular flexibility index (Phi) is 4.01. The van der Waals surface area contributed by atoms with Gasteiger partial charge >= 0.3 is 0 Å². The minimum atomic E-state index is 0. The summed E-state index contributed by atoms with van der Waals surface area (Å²) in [6.45, 7) is 0. The molecule has 0 unspecified atom stereocenters. The summed E-state index contributed by atoms with van der Waals surface area (Å²) in [5.74, 6) is 0. The number of nitrogens with zero attached hydrogens (tertiary/aromatic N) is 2. The molecule has 0 saturated heterocycles. The third-order valence-corrected chi connectivity index (χ3v) is 4.04. The largest absolute Gasteiger partial charge is 0.355 e. The van der Waals surface area contributed by atoms with Crippen LogP contribution in [0.15, 0.2) is 48.5 Å². The molecule has 0 radical (unpaired) electrons. The molecule has 2 N–H and O–H groups in total. The van der Waals surface area contributed by atoms with Crippen LogP contribution in [0.2, 0.25) is 0 Å². The summed E-state index contributed by atoms with van der Waals surface area (Å²) in [4.78, 5) is 16.0. The van der Waals surface area contributed by atoms with Crippen LogP contribution in [-0.2, 0) is 0 Å². The Morgan fingerprint density at radius 2 is 0.840 bits per heavy atom. The molecule has 0 aromatic carbocycles. The molecule has 0 aliphatic carbocycles. The first kappa shape index (κ1) is 15.8. The fraction of sp³-hybridized carbons (Fsp3) is 0. The summed E-state index contributed by atoms with van der Waals surface area (Å²) in [6.07, 6.45) is 8.05. The highest BCUT2D eigenvalue weighted by Crippen LogP contribution is 2.17. The van der Waals surface area contributed by atoms with E-state index in [1.165, 1.54) is 0 Å². The maximum atomic E-state index is 4.62. The second kappa shape index (κ2) is 6.33. The Balaban J connectivity index is 0.00000157. The third-order valence-electron chi connectivity index (χ3n) is 4.04. The first-order valence-corrected chi connectivity index (χ1v) is 7.85. The molecule has 0 atom stereocenters. The van der Waals surface area contributed by atoms with Crippen molar-refractivity contribution >= 4 is 70.3 Å². The van der Waals surface area contributed by atoms with E-state index in [0.29, 0.717) is 0 Å². The number of aromatic amines is 2. The molecule has 0 spiro atoms. The van der Waals surface area contributed by atoms with Gasteiger partial charge in [0.05, 0.1) is 22.8 Å². The second-order valence-corrected chi connectivity index (χ2v) is 5.91. The van der Waals surface area contributed by atoms with E-state index in [2.05, 4.69) is 50.3 Å². The topological polar surface area (TPSA) is 57.4 Å². The zero-order valence-electron chi connectivity index (χ0n) is 13.2. The average molecular weight is 438 g/mol. The lowest BCUT2D eigenvalue weighted by Gasteiger charge is -1.86. The van der Waals surface area contributed by atoms with Crippen LogP contribution < -0.4 is 0 Å². The highest BCUT2D eigenvalue weighted by atomic mass is 127. The predicted molar refractivity (Wildman–Crippen MR) is 114 cm³/mol. The molecule has 3 aromatic heterocycles. The fourth-order valence-corrected chi connectivity index (χ4v) is 2.94. The Hall–Kier alpha value is -2.67. The lowest BCUT2D eigenvalue weighted by molar-refractivity contribution is 1.28. The van der Waals surface area contributed by atoms with Crippen LogP contribution >= 0.6 is 24.0 Å². The molecule has 3 aromatic rings. The lowest BCUT2D eigenvalue weighted by atomic mass is 10.3. The number of aromatic nitrogens is 4. The van der Waals surface area contributed by atoms with E-state index in [1.54, 1.807) is 0 Å². The number of H-pyrrole nitrogens is 2. The third kappa shape index (κ3) is 3.28. The monoisotopic (exact) mass is 438 g/mol. The Morgan fingerprint density at radius 1 is 0.480 bits per heavy atom. The summed E-state index contributed by atoms with van der Waals surface area (Å²) in [7, 11) is 0. The Morgan fingerprint density at radius 3 is 1.28 bits per heavy atom. The molecule has 8 bridgehead atoms. The maximum absolute atomic E-state index is 4.62. The SMILES string of the molecule is C1=Cc2cc3ccc(cc4ccc(cc5nc(cc1n2)C=C5)[nH]4)[nH]3.I. The van der Waals surface area contributed by atoms with Crippen LogP contribution in [0.1, 0.15) is 22.8 Å². The van der Waals surface area contributed by atoms with Gasteiger partial charge in [0, 0.05) is 22.1 Å². The van der Waals surface area contributed by atoms with Crippen LogP contribution in [-0.4, -0.2) is 19.9 Å². The van der Waals surface area contributed by atoms with Crippen molar-refractivity contribution in [2.24, 2.45) is 0 Å². The van der Waals surface area contributed by atoms with Gasteiger partial charge in [0.25, 0.3) is 0 Å². The molecule has 0 fully saturated rings. The van der Waals surface area contributed by atoms with E-state index < -0.39 is 0 Å². The lowest BCUT2D eigenvalue weighted by Crippen LogP contribution is -1.77. The van der Waals surface area contributed by atoms with Crippen molar-refractivity contribution in [3.05, 3.63) is 71.3 Å². The summed E-state index contributed by atoms with van der Waals surface area (Å²) < 4.78 is 0. The molecule has 25 heavy (non-hydrogen) atoms. The number of rotatable bonds is 0. The summed E-state index contributed by atoms with van der Waals surface area (Å²) in [5, 5.41) is 0. The van der Waals surface area contributed by atoms with Crippen molar-refractivity contribution in [1.82, 2.24) is 19.9 Å². The van der Waals surface area contributed by atoms with Gasteiger partial charge in [-0.3, -0.25) is 0 Å². The van der Waals surface area contributed by atoms with Crippen molar-refractivity contribution in [1.29, 1.82) is 0 Å². The van der Waals surface area contributed by atoms with Gasteiger partial charge < -0.3 is 9.97 Å². The molecular formula is C20H15IN4. The van der Waals surface area contributed by atoms with E-state index in [4.69, 9.17) is 0 Å². The molecule has 5 rings (SSSR count). The zero-order valence-corrected chi connectivity index (χ0v) is 15.6. The van der Waals surface area contributed by atoms with E-state index >= 15 is 0 Å². The van der Waals surface area contributed by atoms with Gasteiger partial charge in [-0.2, -0.15) is 0 Å².